The van der Waals surface area contributed by atoms with Crippen LogP contribution < -0.4 is 20.1 Å². The molecule has 1 aromatic heterocycles. The van der Waals surface area contributed by atoms with Crippen LogP contribution in [0, 0.1) is 5.92 Å². The molecule has 3 aromatic rings. The van der Waals surface area contributed by atoms with Crippen LogP contribution in [0.15, 0.2) is 67.3 Å². The Hall–Kier alpha value is -5.39. The fourth-order valence-corrected chi connectivity index (χ4v) is 6.90. The summed E-state index contributed by atoms with van der Waals surface area (Å²) in [4.78, 5) is 59.8. The van der Waals surface area contributed by atoms with Crippen LogP contribution in [0.25, 0.3) is 28.2 Å². The Kier molecular flexibility index (Phi) is 10.6. The number of aliphatic carboxylic acids is 1. The summed E-state index contributed by atoms with van der Waals surface area (Å²) in [5.41, 5.74) is 1.48. The summed E-state index contributed by atoms with van der Waals surface area (Å²) in [5, 5.41) is 16.2. The molecule has 2 aliphatic heterocycles. The molecule has 12 nitrogen and oxygen atoms in total. The summed E-state index contributed by atoms with van der Waals surface area (Å²) in [5.74, 6) is -1.55. The van der Waals surface area contributed by atoms with Gasteiger partial charge >= 0.3 is 12.1 Å². The van der Waals surface area contributed by atoms with E-state index in [1.165, 1.54) is 11.0 Å². The fraction of sp³-hybridized carbons (Fsp3) is 0.410. The zero-order valence-electron chi connectivity index (χ0n) is 28.9. The Labute approximate surface area is 296 Å². The highest BCUT2D eigenvalue weighted by atomic mass is 16.5. The maximum Gasteiger partial charge on any atom is 0.407 e. The van der Waals surface area contributed by atoms with Gasteiger partial charge in [0, 0.05) is 41.0 Å². The fourth-order valence-electron chi connectivity index (χ4n) is 6.90. The lowest BCUT2D eigenvalue weighted by Crippen LogP contribution is -2.56. The summed E-state index contributed by atoms with van der Waals surface area (Å²) in [7, 11) is 1.60. The van der Waals surface area contributed by atoms with E-state index in [1.54, 1.807) is 7.11 Å². The Morgan fingerprint density at radius 1 is 1.22 bits per heavy atom. The average molecular weight is 697 g/mol. The molecule has 0 unspecified atom stereocenters. The number of pyridine rings is 1. The maximum atomic E-state index is 14.3. The van der Waals surface area contributed by atoms with Gasteiger partial charge in [-0.05, 0) is 31.7 Å². The number of allylic oxidation sites excluding steroid dienone is 1. The topological polar surface area (TPSA) is 156 Å². The van der Waals surface area contributed by atoms with Crippen LogP contribution in [0.1, 0.15) is 57.4 Å². The van der Waals surface area contributed by atoms with Gasteiger partial charge in [-0.2, -0.15) is 0 Å². The average Bonchev–Trinajstić information content (AvgIpc) is 3.70. The van der Waals surface area contributed by atoms with Gasteiger partial charge in [0.1, 0.15) is 35.2 Å². The first-order valence-corrected chi connectivity index (χ1v) is 17.5. The third-order valence-electron chi connectivity index (χ3n) is 9.84. The molecule has 1 saturated heterocycles. The number of hydrogen-bond donors (Lipinski definition) is 3. The predicted molar refractivity (Wildman–Crippen MR) is 191 cm³/mol. The second-order valence-electron chi connectivity index (χ2n) is 13.3. The molecule has 3 heterocycles. The van der Waals surface area contributed by atoms with E-state index in [0.717, 1.165) is 22.9 Å². The van der Waals surface area contributed by atoms with Crippen LogP contribution in [-0.2, 0) is 19.1 Å². The third-order valence-corrected chi connectivity index (χ3v) is 9.84. The number of methoxy groups -OCH3 is 1. The predicted octanol–water partition coefficient (Wildman–Crippen LogP) is 5.50. The van der Waals surface area contributed by atoms with Gasteiger partial charge < -0.3 is 34.9 Å². The van der Waals surface area contributed by atoms with Crippen molar-refractivity contribution < 1.29 is 38.5 Å². The highest BCUT2D eigenvalue weighted by Gasteiger charge is 2.61. The van der Waals surface area contributed by atoms with E-state index in [1.807, 2.05) is 67.6 Å². The number of unbranched alkanes of at least 4 members (excludes halogenated alkanes) is 1. The van der Waals surface area contributed by atoms with Crippen molar-refractivity contribution in [2.75, 3.05) is 20.3 Å². The molecule has 4 bridgehead atoms. The minimum absolute atomic E-state index is 0.0225. The molecular weight excluding hydrogens is 652 g/mol. The van der Waals surface area contributed by atoms with Crippen LogP contribution in [-0.4, -0.2) is 82.9 Å². The quantitative estimate of drug-likeness (QED) is 0.246. The number of ether oxygens (including phenoxy) is 3. The molecule has 3 amide bonds. The molecule has 0 radical (unpaired) electrons. The van der Waals surface area contributed by atoms with E-state index in [0.29, 0.717) is 48.4 Å². The van der Waals surface area contributed by atoms with Crippen molar-refractivity contribution in [2.45, 2.75) is 75.6 Å². The number of benzene rings is 2. The van der Waals surface area contributed by atoms with E-state index in [9.17, 15) is 24.3 Å². The number of nitrogens with one attached hydrogen (secondary N) is 2. The molecule has 268 valence electrons. The lowest BCUT2D eigenvalue weighted by atomic mass is 10.0. The monoisotopic (exact) mass is 696 g/mol. The van der Waals surface area contributed by atoms with Gasteiger partial charge in [-0.15, -0.1) is 6.58 Å². The number of carboxylic acid groups (broad SMARTS) is 1. The SMILES string of the molecule is C=C[C@@H]1C[C@]1(NC(=O)[C@@H]1C[C@@H]2CN1C(=O)[C@H](CCCC)NC(=O)OCCC/C=C\c1cc3c(cc(-c4ccccc4)nc3cc1OC)O2)C(=O)O. The first-order chi connectivity index (χ1) is 24.7. The lowest BCUT2D eigenvalue weighted by Gasteiger charge is -2.29. The molecule has 2 aromatic carbocycles. The first kappa shape index (κ1) is 35.4. The summed E-state index contributed by atoms with van der Waals surface area (Å²) in [6.07, 6.45) is 7.28. The number of amides is 3. The molecule has 1 saturated carbocycles. The van der Waals surface area contributed by atoms with Gasteiger partial charge in [-0.25, -0.2) is 14.6 Å². The number of carbonyl (C=O) groups is 4. The van der Waals surface area contributed by atoms with E-state index >= 15 is 0 Å². The minimum atomic E-state index is -1.49. The summed E-state index contributed by atoms with van der Waals surface area (Å²) in [6.45, 7) is 5.86. The molecule has 51 heavy (non-hydrogen) atoms. The van der Waals surface area contributed by atoms with Crippen molar-refractivity contribution in [3.05, 3.63) is 72.8 Å². The Morgan fingerprint density at radius 2 is 2.02 bits per heavy atom. The normalized spacial score (nSPS) is 25.5. The molecule has 3 aliphatic rings. The van der Waals surface area contributed by atoms with Crippen LogP contribution in [0.2, 0.25) is 0 Å². The van der Waals surface area contributed by atoms with Crippen molar-refractivity contribution in [2.24, 2.45) is 5.92 Å². The Morgan fingerprint density at radius 3 is 2.73 bits per heavy atom. The smallest absolute Gasteiger partial charge is 0.407 e. The van der Waals surface area contributed by atoms with Crippen molar-refractivity contribution in [3.63, 3.8) is 0 Å². The van der Waals surface area contributed by atoms with Crippen LogP contribution in [0.5, 0.6) is 11.5 Å². The summed E-state index contributed by atoms with van der Waals surface area (Å²) < 4.78 is 17.9. The highest BCUT2D eigenvalue weighted by molar-refractivity contribution is 5.96. The van der Waals surface area contributed by atoms with Crippen molar-refractivity contribution >= 4 is 40.9 Å². The number of cyclic esters (lactones) is 1. The molecule has 2 fully saturated rings. The van der Waals surface area contributed by atoms with E-state index in [2.05, 4.69) is 17.2 Å². The van der Waals surface area contributed by atoms with Crippen molar-refractivity contribution in [1.82, 2.24) is 20.5 Å². The molecule has 1 aliphatic carbocycles. The molecule has 0 spiro atoms. The molecular formula is C39H44N4O8. The van der Waals surface area contributed by atoms with Gasteiger partial charge in [-0.3, -0.25) is 9.59 Å². The largest absolute Gasteiger partial charge is 0.496 e. The third kappa shape index (κ3) is 7.54. The standard InChI is InChI=1S/C39H44N4O8/c1-4-6-16-29-36(45)43-23-27(19-32(43)35(44)42-39(37(46)47)22-26(39)5-2)51-34-20-30(24-13-9-7-10-14-24)40-31-21-33(49-3)25(18-28(31)34)15-11-8-12-17-50-38(48)41-29/h5,7,9-11,13-15,18,20-21,26-27,29,32H,2,4,6,8,12,16-17,19,22-23H2,1,3H3,(H,41,48)(H,42,44)(H,46,47)/b15-11-/t26-,27-,29+,32+,39-/m1/s1. The van der Waals surface area contributed by atoms with Gasteiger partial charge in [0.2, 0.25) is 11.8 Å². The van der Waals surface area contributed by atoms with Gasteiger partial charge in [0.25, 0.3) is 0 Å². The lowest BCUT2D eigenvalue weighted by molar-refractivity contribution is -0.145. The Balaban J connectivity index is 1.43. The number of nitrogens with zero attached hydrogens (tertiary/aromatic N) is 2. The zero-order chi connectivity index (χ0) is 36.1. The van der Waals surface area contributed by atoms with Gasteiger partial charge in [0.05, 0.1) is 31.5 Å². The second kappa shape index (κ2) is 15.2. The number of rotatable bonds is 9. The second-order valence-corrected chi connectivity index (χ2v) is 13.3. The summed E-state index contributed by atoms with van der Waals surface area (Å²) in [6, 6.07) is 13.3. The summed E-state index contributed by atoms with van der Waals surface area (Å²) >= 11 is 0. The number of hydrogen-bond acceptors (Lipinski definition) is 8. The van der Waals surface area contributed by atoms with Gasteiger partial charge in [0.15, 0.2) is 0 Å². The van der Waals surface area contributed by atoms with Crippen molar-refractivity contribution in [1.29, 1.82) is 0 Å². The van der Waals surface area contributed by atoms with E-state index in [4.69, 9.17) is 19.2 Å². The van der Waals surface area contributed by atoms with Crippen LogP contribution >= 0.6 is 0 Å². The molecule has 3 N–H and O–H groups in total. The number of carbonyl (C=O) groups excluding carboxylic acids is 3. The first-order valence-electron chi connectivity index (χ1n) is 17.5. The zero-order valence-corrected chi connectivity index (χ0v) is 28.9. The van der Waals surface area contributed by atoms with Crippen LogP contribution in [0.4, 0.5) is 4.79 Å². The van der Waals surface area contributed by atoms with Crippen molar-refractivity contribution in [3.8, 4) is 22.8 Å². The number of aromatic nitrogens is 1. The van der Waals surface area contributed by atoms with Gasteiger partial charge in [-0.1, -0.05) is 68.3 Å². The van der Waals surface area contributed by atoms with E-state index < -0.39 is 53.5 Å². The highest BCUT2D eigenvalue weighted by Crippen LogP contribution is 2.45. The molecule has 12 heteroatoms. The molecule has 6 rings (SSSR count). The van der Waals surface area contributed by atoms with E-state index in [-0.39, 0.29) is 26.0 Å². The van der Waals surface area contributed by atoms with Crippen LogP contribution in [0.3, 0.4) is 0 Å². The maximum absolute atomic E-state index is 14.3. The molecule has 5 atom stereocenters. The number of alkyl carbamates (subject to hydrolysis) is 1. The number of fused-ring (bicyclic) bond motifs is 3. The number of carboxylic acids is 1. The Bertz CT molecular complexity index is 1850. The minimum Gasteiger partial charge on any atom is -0.496 e.